The Hall–Kier alpha value is -16.0. The topological polar surface area (TPSA) is 34.5 Å². The largest absolute Gasteiger partial charge is 0.309 e. The summed E-state index contributed by atoms with van der Waals surface area (Å²) in [7, 11) is 0. The molecule has 7 nitrogen and oxygen atoms in total. The van der Waals surface area contributed by atoms with Crippen molar-refractivity contribution in [1.29, 1.82) is 0 Å². The maximum Gasteiger partial charge on any atom is 0.0562 e. The number of hydrogen-bond donors (Lipinski definition) is 0. The van der Waals surface area contributed by atoms with E-state index in [9.17, 15) is 0 Å². The van der Waals surface area contributed by atoms with Crippen LogP contribution in [0, 0.1) is 0 Å². The summed E-state index contributed by atoms with van der Waals surface area (Å²) in [4.78, 5) is 0. The van der Waals surface area contributed by atoms with Crippen LogP contribution in [0.25, 0.3) is 224 Å². The number of benzene rings is 19. The van der Waals surface area contributed by atoms with Crippen molar-refractivity contribution in [2.75, 3.05) is 0 Å². The van der Waals surface area contributed by atoms with E-state index in [2.05, 4.69) is 475 Å². The number of nitrogens with zero attached hydrogens (tertiary/aromatic N) is 7. The number of para-hydroxylation sites is 11. The lowest BCUT2D eigenvalue weighted by molar-refractivity contribution is 1.13. The Morgan fingerprint density at radius 3 is 0.726 bits per heavy atom. The van der Waals surface area contributed by atoms with E-state index in [1.807, 2.05) is 11.3 Å². The minimum absolute atomic E-state index is 0. The van der Waals surface area contributed by atoms with Crippen molar-refractivity contribution in [3.63, 3.8) is 0 Å². The Labute approximate surface area is 719 Å². The minimum atomic E-state index is 0. The molecule has 0 radical (unpaired) electrons. The molecule has 0 spiro atoms. The fraction of sp³-hybridized carbons (Fsp3) is 0.0172. The highest BCUT2D eigenvalue weighted by Crippen LogP contribution is 2.47. The Morgan fingerprint density at radius 1 is 0.137 bits per heavy atom. The van der Waals surface area contributed by atoms with E-state index in [1.54, 1.807) is 0 Å². The van der Waals surface area contributed by atoms with Gasteiger partial charge in [0, 0.05) is 118 Å². The molecule has 0 saturated carbocycles. The van der Waals surface area contributed by atoms with Gasteiger partial charge in [-0.05, 0) is 169 Å². The molecule has 0 aliphatic rings. The molecule has 0 atom stereocenters. The van der Waals surface area contributed by atoms with Crippen LogP contribution in [0.15, 0.2) is 443 Å². The van der Waals surface area contributed by atoms with Crippen molar-refractivity contribution >= 4 is 184 Å². The summed E-state index contributed by atoms with van der Waals surface area (Å²) < 4.78 is 19.7. The maximum atomic E-state index is 2.44. The van der Waals surface area contributed by atoms with Crippen LogP contribution >= 0.6 is 11.3 Å². The lowest BCUT2D eigenvalue weighted by Crippen LogP contribution is -1.99. The van der Waals surface area contributed by atoms with Gasteiger partial charge in [0.25, 0.3) is 0 Å². The maximum absolute atomic E-state index is 2.44. The molecule has 8 aromatic heterocycles. The molecule has 0 unspecified atom stereocenters. The zero-order chi connectivity index (χ0) is 80.0. The first-order valence-electron chi connectivity index (χ1n) is 41.8. The highest BCUT2D eigenvalue weighted by atomic mass is 32.1. The fourth-order valence-electron chi connectivity index (χ4n) is 20.2. The number of rotatable bonds is 8. The van der Waals surface area contributed by atoms with Crippen LogP contribution in [0.3, 0.4) is 0 Å². The third-order valence-electron chi connectivity index (χ3n) is 25.2. The molecule has 27 aromatic rings. The van der Waals surface area contributed by atoms with Crippen molar-refractivity contribution in [1.82, 2.24) is 32.0 Å². The number of thiophene rings is 1. The normalized spacial score (nSPS) is 11.7. The van der Waals surface area contributed by atoms with E-state index in [4.69, 9.17) is 0 Å². The summed E-state index contributed by atoms with van der Waals surface area (Å²) in [6.07, 6.45) is 0. The van der Waals surface area contributed by atoms with E-state index in [0.29, 0.717) is 0 Å². The summed E-state index contributed by atoms with van der Waals surface area (Å²) in [6, 6.07) is 161. The van der Waals surface area contributed by atoms with Crippen molar-refractivity contribution in [3.8, 4) is 50.9 Å². The first kappa shape index (κ1) is 73.2. The monoisotopic (exact) mass is 1600 g/mol. The van der Waals surface area contributed by atoms with Crippen LogP contribution in [0.4, 0.5) is 0 Å². The quantitative estimate of drug-likeness (QED) is 0.145. The minimum Gasteiger partial charge on any atom is -0.309 e. The van der Waals surface area contributed by atoms with Crippen LogP contribution < -0.4 is 0 Å². The Morgan fingerprint density at radius 2 is 0.371 bits per heavy atom. The van der Waals surface area contributed by atoms with Gasteiger partial charge < -0.3 is 32.0 Å². The molecule has 124 heavy (non-hydrogen) atoms. The fourth-order valence-corrected chi connectivity index (χ4v) is 21.3. The highest BCUT2D eigenvalue weighted by molar-refractivity contribution is 7.25. The summed E-state index contributed by atoms with van der Waals surface area (Å²) in [5.74, 6) is 0. The zero-order valence-electron chi connectivity index (χ0n) is 66.2. The summed E-state index contributed by atoms with van der Waals surface area (Å²) in [5, 5.41) is 20.4. The molecule has 0 fully saturated rings. The van der Waals surface area contributed by atoms with Crippen LogP contribution in [0.5, 0.6) is 0 Å². The summed E-state index contributed by atoms with van der Waals surface area (Å²) >= 11 is 1.87. The standard InChI is InChI=1S/C42H27N3.C36H22N2S.C36H24N2.2CH4/c1-6-20-35-30(15-1)31-16-2-7-21-36(31)43(35)28-13-11-14-29(27-28)44-39-24-10-5-19-34(39)42-40(44)25-12-26-41(42)45-37-22-8-3-17-32(37)33-18-4-9-23-38(33)45;1-5-14-29-24(10-1)25-11-2-6-15-30(25)38(29)33-18-9-17-32-36(33)27-13-3-7-16-31(27)37(32)23-20-21-35-28(22-23)26-12-4-8-19-34(26)39-35;1-2-12-25(13-3-1)26-14-10-15-27(24-26)37-33-21-9-6-18-30(33)36-34(37)22-11-23-35(36)38-31-19-7-4-16-28(31)29-17-5-8-20-32(29)38;;/h1-27H;1-22H;1-24H;2*1H4. The SMILES string of the molecule is C.C.c1cc(-n2c3ccccc3c3ccccc32)cc(-n2c3ccccc3c3c(-n4c5ccccc5c5ccccc54)cccc32)c1.c1ccc(-c2cccc(-n3c4ccccc4c4c(-n5c6ccccc6c6ccccc65)cccc43)c2)cc1.c1ccc2c(c1)sc1ccc(-n3c4ccccc4c4c(-n5c6ccccc6c6ccccc65)cccc43)cc12. The second-order valence-electron chi connectivity index (χ2n) is 31.8. The van der Waals surface area contributed by atoms with E-state index in [0.717, 1.165) is 17.1 Å². The van der Waals surface area contributed by atoms with Gasteiger partial charge in [-0.3, -0.25) is 0 Å². The number of aromatic nitrogens is 7. The van der Waals surface area contributed by atoms with Gasteiger partial charge in [0.15, 0.2) is 0 Å². The molecule has 0 N–H and O–H groups in total. The third-order valence-corrected chi connectivity index (χ3v) is 26.4. The van der Waals surface area contributed by atoms with Gasteiger partial charge in [0.05, 0.1) is 94.3 Å². The molecule has 0 saturated heterocycles. The molecular weight excluding hydrogens is 1520 g/mol. The first-order chi connectivity index (χ1) is 60.6. The molecule has 586 valence electrons. The van der Waals surface area contributed by atoms with Crippen LogP contribution in [0.2, 0.25) is 0 Å². The molecule has 0 aliphatic heterocycles. The van der Waals surface area contributed by atoms with Gasteiger partial charge >= 0.3 is 0 Å². The van der Waals surface area contributed by atoms with Gasteiger partial charge in [-0.25, -0.2) is 0 Å². The van der Waals surface area contributed by atoms with Gasteiger partial charge in [-0.1, -0.05) is 300 Å². The van der Waals surface area contributed by atoms with Gasteiger partial charge in [0.1, 0.15) is 0 Å². The molecule has 0 bridgehead atoms. The Balaban J connectivity index is 0.000000107. The summed E-state index contributed by atoms with van der Waals surface area (Å²) in [5.41, 5.74) is 27.7. The predicted octanol–water partition coefficient (Wildman–Crippen LogP) is 32.0. The van der Waals surface area contributed by atoms with E-state index < -0.39 is 0 Å². The van der Waals surface area contributed by atoms with Crippen LogP contribution in [-0.4, -0.2) is 32.0 Å². The Bertz CT molecular complexity index is 8720. The van der Waals surface area contributed by atoms with Crippen LogP contribution in [-0.2, 0) is 0 Å². The highest BCUT2D eigenvalue weighted by Gasteiger charge is 2.25. The molecule has 0 aliphatic carbocycles. The van der Waals surface area contributed by atoms with Crippen molar-refractivity contribution < 1.29 is 0 Å². The van der Waals surface area contributed by atoms with Crippen LogP contribution in [0.1, 0.15) is 14.9 Å². The predicted molar refractivity (Wildman–Crippen MR) is 531 cm³/mol. The van der Waals surface area contributed by atoms with E-state index in [-0.39, 0.29) is 14.9 Å². The van der Waals surface area contributed by atoms with Gasteiger partial charge in [-0.15, -0.1) is 11.3 Å². The summed E-state index contributed by atoms with van der Waals surface area (Å²) in [6.45, 7) is 0. The molecular formula is C116H81N7S. The molecule has 8 heteroatoms. The number of fused-ring (bicyclic) bond motifs is 24. The Kier molecular flexibility index (Phi) is 17.4. The lowest BCUT2D eigenvalue weighted by atomic mass is 10.1. The van der Waals surface area contributed by atoms with Gasteiger partial charge in [-0.2, -0.15) is 0 Å². The van der Waals surface area contributed by atoms with Gasteiger partial charge in [0.2, 0.25) is 0 Å². The van der Waals surface area contributed by atoms with E-state index >= 15 is 0 Å². The second-order valence-corrected chi connectivity index (χ2v) is 32.8. The molecule has 8 heterocycles. The third kappa shape index (κ3) is 11.2. The first-order valence-corrected chi connectivity index (χ1v) is 42.6. The molecule has 0 amide bonds. The molecule has 19 aromatic carbocycles. The average Bonchev–Trinajstić information content (AvgIpc) is 1.57. The zero-order valence-corrected chi connectivity index (χ0v) is 67.0. The number of hydrogen-bond acceptors (Lipinski definition) is 1. The lowest BCUT2D eigenvalue weighted by Gasteiger charge is -2.13. The van der Waals surface area contributed by atoms with Crippen molar-refractivity contribution in [2.45, 2.75) is 14.9 Å². The van der Waals surface area contributed by atoms with Crippen molar-refractivity contribution in [3.05, 3.63) is 443 Å². The molecule has 27 rings (SSSR count). The van der Waals surface area contributed by atoms with Crippen molar-refractivity contribution in [2.24, 2.45) is 0 Å². The average molecular weight is 1610 g/mol. The smallest absolute Gasteiger partial charge is 0.0562 e. The second kappa shape index (κ2) is 29.5. The van der Waals surface area contributed by atoms with E-state index in [1.165, 1.54) is 207 Å².